The molecule has 2 N–H and O–H groups in total. The highest BCUT2D eigenvalue weighted by Gasteiger charge is 2.22. The summed E-state index contributed by atoms with van der Waals surface area (Å²) < 4.78 is 0. The summed E-state index contributed by atoms with van der Waals surface area (Å²) in [6, 6.07) is 13.9. The van der Waals surface area contributed by atoms with Gasteiger partial charge in [0.15, 0.2) is 11.4 Å². The van der Waals surface area contributed by atoms with Crippen molar-refractivity contribution in [2.45, 2.75) is 39.8 Å². The van der Waals surface area contributed by atoms with Gasteiger partial charge in [-0.15, -0.1) is 10.2 Å². The van der Waals surface area contributed by atoms with Crippen LogP contribution >= 0.6 is 0 Å². The van der Waals surface area contributed by atoms with Crippen molar-refractivity contribution in [3.05, 3.63) is 133 Å². The van der Waals surface area contributed by atoms with E-state index in [1.54, 1.807) is 0 Å². The highest BCUT2D eigenvalue weighted by molar-refractivity contribution is 5.68. The van der Waals surface area contributed by atoms with Crippen molar-refractivity contribution in [2.75, 3.05) is 10.6 Å². The predicted molar refractivity (Wildman–Crippen MR) is 192 cm³/mol. The lowest BCUT2D eigenvalue weighted by atomic mass is 10.2. The molecule has 0 aromatic heterocycles. The predicted octanol–water partition coefficient (Wildman–Crippen LogP) is 9.29. The summed E-state index contributed by atoms with van der Waals surface area (Å²) >= 11 is 0. The fourth-order valence-corrected chi connectivity index (χ4v) is 4.27. The van der Waals surface area contributed by atoms with Gasteiger partial charge in [0, 0.05) is 36.3 Å². The summed E-state index contributed by atoms with van der Waals surface area (Å²) in [6.45, 7) is 7.30. The molecule has 0 aliphatic rings. The maximum atomic E-state index is 11.2. The zero-order chi connectivity index (χ0) is 40.3. The molecule has 4 aromatic rings. The number of hydrogen-bond acceptors (Lipinski definition) is 18. The molecule has 0 saturated carbocycles. The third kappa shape index (κ3) is 11.0. The van der Waals surface area contributed by atoms with Crippen molar-refractivity contribution in [3.8, 4) is 0 Å². The first-order chi connectivity index (χ1) is 25.4. The van der Waals surface area contributed by atoms with Gasteiger partial charge in [-0.2, -0.15) is 10.2 Å². The van der Waals surface area contributed by atoms with Crippen LogP contribution in [0.25, 0.3) is 0 Å². The third-order valence-electron chi connectivity index (χ3n) is 6.52. The average Bonchev–Trinajstić information content (AvgIpc) is 3.10. The first-order valence-corrected chi connectivity index (χ1v) is 15.2. The van der Waals surface area contributed by atoms with Gasteiger partial charge in [0.2, 0.25) is 0 Å². The lowest BCUT2D eigenvalue weighted by Gasteiger charge is -2.10. The Morgan fingerprint density at radius 1 is 0.426 bits per heavy atom. The molecule has 280 valence electrons. The van der Waals surface area contributed by atoms with E-state index in [-0.39, 0.29) is 46.2 Å². The van der Waals surface area contributed by atoms with E-state index >= 15 is 0 Å². The largest absolute Gasteiger partial charge is 0.377 e. The van der Waals surface area contributed by atoms with Gasteiger partial charge in [0.05, 0.1) is 53.0 Å². The molecule has 4 rings (SSSR count). The van der Waals surface area contributed by atoms with Crippen molar-refractivity contribution in [3.63, 3.8) is 0 Å². The van der Waals surface area contributed by atoms with Gasteiger partial charge < -0.3 is 10.6 Å². The number of nitro benzene ring substituents is 6. The topological polar surface area (TPSA) is 332 Å². The summed E-state index contributed by atoms with van der Waals surface area (Å²) in [7, 11) is 0. The Morgan fingerprint density at radius 3 is 1.04 bits per heavy atom. The lowest BCUT2D eigenvalue weighted by molar-refractivity contribution is -0.394. The second kappa shape index (κ2) is 17.8. The van der Waals surface area contributed by atoms with Crippen LogP contribution in [0, 0.1) is 60.7 Å². The van der Waals surface area contributed by atoms with E-state index in [4.69, 9.17) is 0 Å². The zero-order valence-corrected chi connectivity index (χ0v) is 28.5. The SMILES string of the molecule is CC(C)Nc1ccc(N=Nc2ccc([N+](=O)[O-])cc2[N+](=O)[O-])cc1[N+](=O)[O-].CC(C)Nc1ccc(N=Nc2ccc([N+](=O)[O-])cc2[N+](=O)[O-])cc1[N+](=O)[O-]. The average molecular weight is 749 g/mol. The molecule has 0 fully saturated rings. The Balaban J connectivity index is 0.000000290. The van der Waals surface area contributed by atoms with Gasteiger partial charge in [-0.1, -0.05) is 0 Å². The van der Waals surface area contributed by atoms with Crippen molar-refractivity contribution >= 4 is 68.2 Å². The Morgan fingerprint density at radius 2 is 0.759 bits per heavy atom. The quantitative estimate of drug-likeness (QED) is 0.0689. The van der Waals surface area contributed by atoms with E-state index in [1.807, 2.05) is 27.7 Å². The van der Waals surface area contributed by atoms with Gasteiger partial charge in [-0.3, -0.25) is 60.7 Å². The van der Waals surface area contributed by atoms with E-state index in [1.165, 1.54) is 36.4 Å². The number of anilines is 2. The number of non-ortho nitro benzene ring substituents is 2. The molecule has 0 amide bonds. The van der Waals surface area contributed by atoms with Gasteiger partial charge in [-0.05, 0) is 64.1 Å². The first kappa shape index (κ1) is 40.5. The summed E-state index contributed by atoms with van der Waals surface area (Å²) in [5.41, 5.74) is -2.17. The molecular formula is C30H28N12O12. The normalized spacial score (nSPS) is 10.9. The van der Waals surface area contributed by atoms with E-state index in [2.05, 4.69) is 31.1 Å². The highest BCUT2D eigenvalue weighted by atomic mass is 16.6. The molecule has 0 aliphatic heterocycles. The van der Waals surface area contributed by atoms with Crippen molar-refractivity contribution in [1.82, 2.24) is 0 Å². The number of nitrogens with zero attached hydrogens (tertiary/aromatic N) is 10. The summed E-state index contributed by atoms with van der Waals surface area (Å²) in [6.07, 6.45) is 0. The zero-order valence-electron chi connectivity index (χ0n) is 28.5. The van der Waals surface area contributed by atoms with Gasteiger partial charge in [0.1, 0.15) is 11.4 Å². The van der Waals surface area contributed by atoms with E-state index in [9.17, 15) is 60.7 Å². The minimum atomic E-state index is -0.820. The number of azo groups is 2. The van der Waals surface area contributed by atoms with Crippen LogP contribution in [0.3, 0.4) is 0 Å². The number of benzene rings is 4. The van der Waals surface area contributed by atoms with Crippen LogP contribution in [-0.4, -0.2) is 41.6 Å². The molecular weight excluding hydrogens is 720 g/mol. The molecule has 24 heteroatoms. The van der Waals surface area contributed by atoms with Gasteiger partial charge in [-0.25, -0.2) is 0 Å². The smallest absolute Gasteiger partial charge is 0.303 e. The molecule has 4 aromatic carbocycles. The molecule has 0 heterocycles. The molecule has 0 unspecified atom stereocenters. The summed E-state index contributed by atoms with van der Waals surface area (Å²) in [4.78, 5) is 61.7. The summed E-state index contributed by atoms with van der Waals surface area (Å²) in [5.74, 6) is 0. The maximum Gasteiger partial charge on any atom is 0.303 e. The van der Waals surface area contributed by atoms with Crippen LogP contribution in [0.4, 0.5) is 68.2 Å². The molecule has 0 bridgehead atoms. The second-order valence-corrected chi connectivity index (χ2v) is 11.3. The van der Waals surface area contributed by atoms with Gasteiger partial charge in [0.25, 0.3) is 22.7 Å². The van der Waals surface area contributed by atoms with Gasteiger partial charge >= 0.3 is 11.4 Å². The van der Waals surface area contributed by atoms with E-state index in [0.29, 0.717) is 11.4 Å². The first-order valence-electron chi connectivity index (χ1n) is 15.2. The van der Waals surface area contributed by atoms with Crippen LogP contribution in [0.1, 0.15) is 27.7 Å². The van der Waals surface area contributed by atoms with Crippen LogP contribution in [0.15, 0.2) is 93.3 Å². The fourth-order valence-electron chi connectivity index (χ4n) is 4.27. The van der Waals surface area contributed by atoms with Crippen LogP contribution < -0.4 is 10.6 Å². The van der Waals surface area contributed by atoms with Crippen LogP contribution in [0.5, 0.6) is 0 Å². The Bertz CT molecular complexity index is 2040. The fraction of sp³-hybridized carbons (Fsp3) is 0.200. The maximum absolute atomic E-state index is 11.2. The second-order valence-electron chi connectivity index (χ2n) is 11.3. The highest BCUT2D eigenvalue weighted by Crippen LogP contribution is 2.36. The van der Waals surface area contributed by atoms with Crippen LogP contribution in [-0.2, 0) is 0 Å². The molecule has 0 spiro atoms. The van der Waals surface area contributed by atoms with Crippen LogP contribution in [0.2, 0.25) is 0 Å². The third-order valence-corrected chi connectivity index (χ3v) is 6.52. The molecule has 0 saturated heterocycles. The monoisotopic (exact) mass is 748 g/mol. The number of rotatable bonds is 14. The van der Waals surface area contributed by atoms with Crippen molar-refractivity contribution in [2.24, 2.45) is 20.5 Å². The molecule has 54 heavy (non-hydrogen) atoms. The Hall–Kier alpha value is -7.92. The minimum Gasteiger partial charge on any atom is -0.377 e. The molecule has 0 atom stereocenters. The number of nitro groups is 6. The standard InChI is InChI=1S/2C15H14N6O6/c2*1-9(2)16-12-5-3-10(7-14(12)20(24)25)17-18-13-6-4-11(19(22)23)8-15(13)21(26)27/h2*3-9,16H,1-2H3. The Labute approximate surface area is 302 Å². The van der Waals surface area contributed by atoms with Crippen molar-refractivity contribution in [1.29, 1.82) is 0 Å². The lowest BCUT2D eigenvalue weighted by Crippen LogP contribution is -2.11. The molecule has 0 aliphatic carbocycles. The van der Waals surface area contributed by atoms with Crippen molar-refractivity contribution < 1.29 is 29.5 Å². The number of nitrogens with one attached hydrogen (secondary N) is 2. The summed E-state index contributed by atoms with van der Waals surface area (Å²) in [5, 5.41) is 86.9. The minimum absolute atomic E-state index is 0.0288. The van der Waals surface area contributed by atoms with E-state index < -0.39 is 52.3 Å². The van der Waals surface area contributed by atoms with E-state index in [0.717, 1.165) is 36.4 Å². The Kier molecular flexibility index (Phi) is 13.4. The number of hydrogen-bond donors (Lipinski definition) is 2. The molecule has 0 radical (unpaired) electrons. The molecule has 24 nitrogen and oxygen atoms in total.